The number of hydrogen-bond donors (Lipinski definition) is 2. The molecule has 2 aliphatic carbocycles. The standard InChI is InChI=1S/C29H28N2O3S/c1-18-25(27(32)30-23-15-29(16-23)13-22(14-29)28(33)34)26-24(35-18)11-12-31(26)17-19-7-9-21(10-8-19)20-5-3-2-4-6-20/h2-12,22-23H,13-17H2,1H3,(H,30,32)(H,33,34). The number of fused-ring (bicyclic) bond motifs is 1. The van der Waals surface area contributed by atoms with Crippen LogP contribution in [0.5, 0.6) is 0 Å². The summed E-state index contributed by atoms with van der Waals surface area (Å²) in [5.41, 5.74) is 5.50. The summed E-state index contributed by atoms with van der Waals surface area (Å²) in [5.74, 6) is -0.896. The van der Waals surface area contributed by atoms with Gasteiger partial charge in [-0.1, -0.05) is 54.6 Å². The highest BCUT2D eigenvalue weighted by Gasteiger charge is 2.55. The molecule has 2 saturated carbocycles. The molecule has 2 heterocycles. The zero-order valence-corrected chi connectivity index (χ0v) is 20.5. The van der Waals surface area contributed by atoms with Crippen LogP contribution in [0, 0.1) is 18.3 Å². The molecule has 0 unspecified atom stereocenters. The topological polar surface area (TPSA) is 71.3 Å². The molecule has 2 fully saturated rings. The average molecular weight is 485 g/mol. The molecule has 6 rings (SSSR count). The fraction of sp³-hybridized carbons (Fsp3) is 0.310. The van der Waals surface area contributed by atoms with Crippen LogP contribution in [-0.4, -0.2) is 27.6 Å². The number of carboxylic acids is 1. The van der Waals surface area contributed by atoms with E-state index in [2.05, 4.69) is 58.5 Å². The van der Waals surface area contributed by atoms with Crippen molar-refractivity contribution >= 4 is 33.4 Å². The second-order valence-electron chi connectivity index (χ2n) is 10.3. The molecule has 2 aromatic heterocycles. The van der Waals surface area contributed by atoms with Gasteiger partial charge in [0.25, 0.3) is 5.91 Å². The molecule has 4 aromatic rings. The number of nitrogens with one attached hydrogen (secondary N) is 1. The Morgan fingerprint density at radius 1 is 1.00 bits per heavy atom. The van der Waals surface area contributed by atoms with Gasteiger partial charge in [-0.3, -0.25) is 9.59 Å². The molecule has 1 amide bonds. The van der Waals surface area contributed by atoms with Crippen molar-refractivity contribution in [2.75, 3.05) is 0 Å². The first-order valence-corrected chi connectivity index (χ1v) is 13.0. The number of thiophene rings is 1. The molecule has 2 N–H and O–H groups in total. The molecular weight excluding hydrogens is 456 g/mol. The van der Waals surface area contributed by atoms with Crippen LogP contribution in [0.4, 0.5) is 0 Å². The van der Waals surface area contributed by atoms with Gasteiger partial charge in [-0.25, -0.2) is 0 Å². The van der Waals surface area contributed by atoms with Crippen LogP contribution in [0.2, 0.25) is 0 Å². The molecule has 0 aliphatic heterocycles. The van der Waals surface area contributed by atoms with Crippen molar-refractivity contribution < 1.29 is 14.7 Å². The van der Waals surface area contributed by atoms with Crippen LogP contribution in [-0.2, 0) is 11.3 Å². The number of hydrogen-bond acceptors (Lipinski definition) is 3. The summed E-state index contributed by atoms with van der Waals surface area (Å²) in [4.78, 5) is 25.5. The van der Waals surface area contributed by atoms with E-state index in [0.717, 1.165) is 46.3 Å². The van der Waals surface area contributed by atoms with Crippen LogP contribution in [0.3, 0.4) is 0 Å². The molecular formula is C29H28N2O3S. The Hall–Kier alpha value is -3.38. The summed E-state index contributed by atoms with van der Waals surface area (Å²) in [6.07, 6.45) is 5.36. The number of rotatable bonds is 6. The van der Waals surface area contributed by atoms with E-state index in [1.807, 2.05) is 25.1 Å². The van der Waals surface area contributed by atoms with Gasteiger partial charge in [-0.15, -0.1) is 11.3 Å². The quantitative estimate of drug-likeness (QED) is 0.347. The Kier molecular flexibility index (Phi) is 5.29. The summed E-state index contributed by atoms with van der Waals surface area (Å²) in [5, 5.41) is 12.4. The number of carbonyl (C=O) groups is 2. The second kappa shape index (κ2) is 8.38. The number of amides is 1. The van der Waals surface area contributed by atoms with Crippen molar-refractivity contribution in [1.82, 2.24) is 9.88 Å². The average Bonchev–Trinajstić information content (AvgIpc) is 3.33. The second-order valence-corrected chi connectivity index (χ2v) is 11.5. The van der Waals surface area contributed by atoms with Gasteiger partial charge in [-0.2, -0.15) is 0 Å². The smallest absolute Gasteiger partial charge is 0.306 e. The van der Waals surface area contributed by atoms with Gasteiger partial charge in [0.15, 0.2) is 0 Å². The van der Waals surface area contributed by atoms with Gasteiger partial charge >= 0.3 is 5.97 Å². The van der Waals surface area contributed by atoms with E-state index in [9.17, 15) is 9.59 Å². The maximum Gasteiger partial charge on any atom is 0.306 e. The number of aliphatic carboxylic acids is 1. The van der Waals surface area contributed by atoms with Crippen LogP contribution in [0.25, 0.3) is 21.3 Å². The number of carbonyl (C=O) groups excluding carboxylic acids is 1. The molecule has 5 nitrogen and oxygen atoms in total. The lowest BCUT2D eigenvalue weighted by molar-refractivity contribution is -0.155. The normalized spacial score (nSPS) is 23.1. The van der Waals surface area contributed by atoms with Gasteiger partial charge in [0.1, 0.15) is 0 Å². The van der Waals surface area contributed by atoms with Gasteiger partial charge < -0.3 is 15.0 Å². The van der Waals surface area contributed by atoms with E-state index in [-0.39, 0.29) is 23.3 Å². The number of carboxylic acid groups (broad SMARTS) is 1. The third-order valence-electron chi connectivity index (χ3n) is 7.82. The SMILES string of the molecule is Cc1sc2ccn(Cc3ccc(-c4ccccc4)cc3)c2c1C(=O)NC1CC2(C1)CC(C(=O)O)C2. The van der Waals surface area contributed by atoms with Crippen molar-refractivity contribution in [2.24, 2.45) is 11.3 Å². The third kappa shape index (κ3) is 3.96. The molecule has 0 radical (unpaired) electrons. The third-order valence-corrected chi connectivity index (χ3v) is 8.88. The maximum atomic E-state index is 13.3. The largest absolute Gasteiger partial charge is 0.481 e. The van der Waals surface area contributed by atoms with E-state index in [4.69, 9.17) is 5.11 Å². The lowest BCUT2D eigenvalue weighted by Gasteiger charge is -2.56. The van der Waals surface area contributed by atoms with Crippen LogP contribution in [0.15, 0.2) is 66.9 Å². The molecule has 0 atom stereocenters. The van der Waals surface area contributed by atoms with Crippen molar-refractivity contribution in [1.29, 1.82) is 0 Å². The van der Waals surface area contributed by atoms with E-state index in [1.54, 1.807) is 11.3 Å². The Bertz CT molecular complexity index is 1400. The lowest BCUT2D eigenvalue weighted by atomic mass is 9.50. The highest BCUT2D eigenvalue weighted by Crippen LogP contribution is 2.58. The fourth-order valence-electron chi connectivity index (χ4n) is 6.05. The molecule has 2 aromatic carbocycles. The summed E-state index contributed by atoms with van der Waals surface area (Å²) < 4.78 is 3.30. The first-order valence-electron chi connectivity index (χ1n) is 12.2. The maximum absolute atomic E-state index is 13.3. The Balaban J connectivity index is 1.17. The lowest BCUT2D eigenvalue weighted by Crippen LogP contribution is -2.57. The van der Waals surface area contributed by atoms with Crippen LogP contribution < -0.4 is 5.32 Å². The molecule has 1 spiro atoms. The molecule has 178 valence electrons. The Morgan fingerprint density at radius 2 is 1.69 bits per heavy atom. The van der Waals surface area contributed by atoms with Gasteiger partial charge in [0.2, 0.25) is 0 Å². The summed E-state index contributed by atoms with van der Waals surface area (Å²) >= 11 is 1.66. The number of aromatic nitrogens is 1. The minimum absolute atomic E-state index is 0.0120. The van der Waals surface area contributed by atoms with Gasteiger partial charge in [0, 0.05) is 23.7 Å². The van der Waals surface area contributed by atoms with Crippen molar-refractivity contribution in [3.05, 3.63) is 82.9 Å². The zero-order chi connectivity index (χ0) is 24.2. The molecule has 0 bridgehead atoms. The van der Waals surface area contributed by atoms with Crippen molar-refractivity contribution in [3.8, 4) is 11.1 Å². The molecule has 35 heavy (non-hydrogen) atoms. The van der Waals surface area contributed by atoms with Crippen LogP contribution >= 0.6 is 11.3 Å². The van der Waals surface area contributed by atoms with E-state index in [1.165, 1.54) is 16.7 Å². The number of benzene rings is 2. The Labute approximate surface area is 208 Å². The Morgan fingerprint density at radius 3 is 2.37 bits per heavy atom. The predicted molar refractivity (Wildman–Crippen MR) is 139 cm³/mol. The molecule has 0 saturated heterocycles. The fourth-order valence-corrected chi connectivity index (χ4v) is 7.12. The zero-order valence-electron chi connectivity index (χ0n) is 19.7. The number of nitrogens with zero attached hydrogens (tertiary/aromatic N) is 1. The monoisotopic (exact) mass is 484 g/mol. The van der Waals surface area contributed by atoms with E-state index < -0.39 is 5.97 Å². The van der Waals surface area contributed by atoms with Crippen LogP contribution in [0.1, 0.15) is 46.5 Å². The van der Waals surface area contributed by atoms with Crippen molar-refractivity contribution in [3.63, 3.8) is 0 Å². The highest BCUT2D eigenvalue weighted by molar-refractivity contribution is 7.19. The van der Waals surface area contributed by atoms with Gasteiger partial charge in [0.05, 0.1) is 21.7 Å². The minimum Gasteiger partial charge on any atom is -0.481 e. The number of aryl methyl sites for hydroxylation is 1. The first kappa shape index (κ1) is 22.1. The molecule has 2 aliphatic rings. The van der Waals surface area contributed by atoms with E-state index >= 15 is 0 Å². The van der Waals surface area contributed by atoms with Gasteiger partial charge in [-0.05, 0) is 60.8 Å². The highest BCUT2D eigenvalue weighted by atomic mass is 32.1. The summed E-state index contributed by atoms with van der Waals surface area (Å²) in [7, 11) is 0. The summed E-state index contributed by atoms with van der Waals surface area (Å²) in [6, 6.07) is 21.2. The summed E-state index contributed by atoms with van der Waals surface area (Å²) in [6.45, 7) is 2.72. The molecule has 6 heteroatoms. The van der Waals surface area contributed by atoms with E-state index in [0.29, 0.717) is 6.54 Å². The predicted octanol–water partition coefficient (Wildman–Crippen LogP) is 6.10. The first-order chi connectivity index (χ1) is 16.9. The minimum atomic E-state index is -0.685. The van der Waals surface area contributed by atoms with Crippen molar-refractivity contribution in [2.45, 2.75) is 45.2 Å².